The molecular formula is C7H14BrNO2. The molecule has 0 saturated heterocycles. The molecule has 11 heavy (non-hydrogen) atoms. The van der Waals surface area contributed by atoms with Crippen LogP contribution in [0.5, 0.6) is 0 Å². The molecule has 0 radical (unpaired) electrons. The van der Waals surface area contributed by atoms with Gasteiger partial charge in [-0.25, -0.2) is 0 Å². The Kier molecular flexibility index (Phi) is 4.03. The molecule has 2 N–H and O–H groups in total. The fourth-order valence-corrected chi connectivity index (χ4v) is 0.555. The SMILES string of the molecule is CC(C)(C)OC(=O)C(Br)CN. The Morgan fingerprint density at radius 3 is 2.36 bits per heavy atom. The number of hydrogen-bond donors (Lipinski definition) is 1. The van der Waals surface area contributed by atoms with E-state index in [0.29, 0.717) is 0 Å². The van der Waals surface area contributed by atoms with Crippen LogP contribution < -0.4 is 5.73 Å². The van der Waals surface area contributed by atoms with Crippen LogP contribution in [0.25, 0.3) is 0 Å². The summed E-state index contributed by atoms with van der Waals surface area (Å²) in [5.74, 6) is -0.306. The lowest BCUT2D eigenvalue weighted by atomic mass is 10.2. The van der Waals surface area contributed by atoms with E-state index in [2.05, 4.69) is 15.9 Å². The number of ether oxygens (including phenoxy) is 1. The Labute approximate surface area is 75.4 Å². The molecule has 0 aromatic heterocycles. The first-order valence-corrected chi connectivity index (χ1v) is 4.35. The molecule has 0 amide bonds. The van der Waals surface area contributed by atoms with Gasteiger partial charge >= 0.3 is 5.97 Å². The minimum atomic E-state index is -0.432. The van der Waals surface area contributed by atoms with Crippen molar-refractivity contribution in [2.45, 2.75) is 31.2 Å². The Bertz CT molecular complexity index is 142. The summed E-state index contributed by atoms with van der Waals surface area (Å²) >= 11 is 3.10. The van der Waals surface area contributed by atoms with Gasteiger partial charge in [-0.1, -0.05) is 15.9 Å². The van der Waals surface area contributed by atoms with E-state index in [0.717, 1.165) is 0 Å². The average molecular weight is 224 g/mol. The van der Waals surface area contributed by atoms with Gasteiger partial charge in [0, 0.05) is 6.54 Å². The number of alkyl halides is 1. The van der Waals surface area contributed by atoms with Crippen molar-refractivity contribution in [3.63, 3.8) is 0 Å². The normalized spacial score (nSPS) is 14.3. The maximum atomic E-state index is 11.0. The Balaban J connectivity index is 3.88. The third-order valence-electron chi connectivity index (χ3n) is 0.869. The van der Waals surface area contributed by atoms with Gasteiger partial charge in [0.05, 0.1) is 0 Å². The summed E-state index contributed by atoms with van der Waals surface area (Å²) in [5, 5.41) is 0. The predicted molar refractivity (Wildman–Crippen MR) is 47.6 cm³/mol. The number of hydrogen-bond acceptors (Lipinski definition) is 3. The first-order valence-electron chi connectivity index (χ1n) is 3.44. The van der Waals surface area contributed by atoms with E-state index >= 15 is 0 Å². The molecular weight excluding hydrogens is 210 g/mol. The molecule has 0 aliphatic carbocycles. The third kappa shape index (κ3) is 5.21. The number of esters is 1. The second kappa shape index (κ2) is 4.07. The largest absolute Gasteiger partial charge is 0.459 e. The van der Waals surface area contributed by atoms with E-state index < -0.39 is 5.60 Å². The Hall–Kier alpha value is -0.0900. The zero-order valence-electron chi connectivity index (χ0n) is 7.06. The molecule has 0 aromatic carbocycles. The van der Waals surface area contributed by atoms with Gasteiger partial charge < -0.3 is 10.5 Å². The molecule has 3 nitrogen and oxygen atoms in total. The minimum Gasteiger partial charge on any atom is -0.459 e. The first kappa shape index (κ1) is 10.9. The maximum Gasteiger partial charge on any atom is 0.321 e. The van der Waals surface area contributed by atoms with Crippen molar-refractivity contribution in [2.75, 3.05) is 6.54 Å². The fraction of sp³-hybridized carbons (Fsp3) is 0.857. The summed E-state index contributed by atoms with van der Waals surface area (Å²) in [6.07, 6.45) is 0. The lowest BCUT2D eigenvalue weighted by molar-refractivity contribution is -0.153. The van der Waals surface area contributed by atoms with Crippen molar-refractivity contribution in [3.8, 4) is 0 Å². The maximum absolute atomic E-state index is 11.0. The molecule has 0 aliphatic rings. The van der Waals surface area contributed by atoms with Crippen LogP contribution in [0.1, 0.15) is 20.8 Å². The molecule has 0 aromatic rings. The monoisotopic (exact) mass is 223 g/mol. The van der Waals surface area contributed by atoms with Gasteiger partial charge in [0.25, 0.3) is 0 Å². The summed E-state index contributed by atoms with van der Waals surface area (Å²) in [6.45, 7) is 5.72. The van der Waals surface area contributed by atoms with Crippen molar-refractivity contribution >= 4 is 21.9 Å². The zero-order valence-corrected chi connectivity index (χ0v) is 8.64. The predicted octanol–water partition coefficient (Wildman–Crippen LogP) is 1.05. The molecule has 1 atom stereocenters. The second-order valence-corrected chi connectivity index (χ2v) is 4.34. The molecule has 0 bridgehead atoms. The molecule has 0 saturated carbocycles. The molecule has 0 aliphatic heterocycles. The van der Waals surface area contributed by atoms with Gasteiger partial charge in [0.1, 0.15) is 10.4 Å². The highest BCUT2D eigenvalue weighted by Gasteiger charge is 2.21. The van der Waals surface area contributed by atoms with Crippen LogP contribution >= 0.6 is 15.9 Å². The minimum absolute atomic E-state index is 0.259. The van der Waals surface area contributed by atoms with Gasteiger partial charge in [-0.3, -0.25) is 4.79 Å². The van der Waals surface area contributed by atoms with E-state index in [-0.39, 0.29) is 17.3 Å². The lowest BCUT2D eigenvalue weighted by Gasteiger charge is -2.20. The van der Waals surface area contributed by atoms with Crippen LogP contribution in [0.4, 0.5) is 0 Å². The van der Waals surface area contributed by atoms with Gasteiger partial charge in [0.2, 0.25) is 0 Å². The number of rotatable bonds is 2. The lowest BCUT2D eigenvalue weighted by Crippen LogP contribution is -2.32. The van der Waals surface area contributed by atoms with Crippen molar-refractivity contribution in [3.05, 3.63) is 0 Å². The first-order chi connectivity index (χ1) is 4.87. The van der Waals surface area contributed by atoms with Gasteiger partial charge in [-0.05, 0) is 20.8 Å². The van der Waals surface area contributed by atoms with Crippen molar-refractivity contribution in [1.82, 2.24) is 0 Å². The van der Waals surface area contributed by atoms with Gasteiger partial charge in [0.15, 0.2) is 0 Å². The van der Waals surface area contributed by atoms with Crippen LogP contribution in [0, 0.1) is 0 Å². The van der Waals surface area contributed by atoms with Crippen LogP contribution in [-0.4, -0.2) is 22.9 Å². The summed E-state index contributed by atoms with van der Waals surface area (Å²) in [5.41, 5.74) is 4.81. The van der Waals surface area contributed by atoms with Crippen LogP contribution in [0.2, 0.25) is 0 Å². The molecule has 66 valence electrons. The molecule has 0 heterocycles. The molecule has 1 unspecified atom stereocenters. The number of halogens is 1. The number of carbonyl (C=O) groups is 1. The fourth-order valence-electron chi connectivity index (χ4n) is 0.462. The molecule has 0 fully saturated rings. The van der Waals surface area contributed by atoms with Gasteiger partial charge in [-0.15, -0.1) is 0 Å². The second-order valence-electron chi connectivity index (χ2n) is 3.24. The highest BCUT2D eigenvalue weighted by atomic mass is 79.9. The number of nitrogens with two attached hydrogens (primary N) is 1. The average Bonchev–Trinajstić information content (AvgIpc) is 1.82. The quantitative estimate of drug-likeness (QED) is 0.563. The highest BCUT2D eigenvalue weighted by Crippen LogP contribution is 2.10. The molecule has 0 spiro atoms. The van der Waals surface area contributed by atoms with Crippen LogP contribution in [-0.2, 0) is 9.53 Å². The molecule has 4 heteroatoms. The third-order valence-corrected chi connectivity index (χ3v) is 1.62. The van der Waals surface area contributed by atoms with Crippen LogP contribution in [0.3, 0.4) is 0 Å². The summed E-state index contributed by atoms with van der Waals surface area (Å²) in [6, 6.07) is 0. The smallest absolute Gasteiger partial charge is 0.321 e. The van der Waals surface area contributed by atoms with Crippen molar-refractivity contribution in [1.29, 1.82) is 0 Å². The van der Waals surface area contributed by atoms with E-state index in [4.69, 9.17) is 10.5 Å². The summed E-state index contributed by atoms with van der Waals surface area (Å²) in [7, 11) is 0. The Morgan fingerprint density at radius 1 is 1.64 bits per heavy atom. The van der Waals surface area contributed by atoms with Crippen molar-refractivity contribution in [2.24, 2.45) is 5.73 Å². The van der Waals surface area contributed by atoms with E-state index in [1.807, 2.05) is 20.8 Å². The topological polar surface area (TPSA) is 52.3 Å². The highest BCUT2D eigenvalue weighted by molar-refractivity contribution is 9.10. The Morgan fingerprint density at radius 2 is 2.09 bits per heavy atom. The van der Waals surface area contributed by atoms with E-state index in [1.165, 1.54) is 0 Å². The van der Waals surface area contributed by atoms with Gasteiger partial charge in [-0.2, -0.15) is 0 Å². The standard InChI is InChI=1S/C7H14BrNO2/c1-7(2,3)11-6(10)5(8)4-9/h5H,4,9H2,1-3H3. The summed E-state index contributed by atoms with van der Waals surface area (Å²) < 4.78 is 5.02. The summed E-state index contributed by atoms with van der Waals surface area (Å²) in [4.78, 5) is 10.7. The number of carbonyl (C=O) groups excluding carboxylic acids is 1. The van der Waals surface area contributed by atoms with Crippen molar-refractivity contribution < 1.29 is 9.53 Å². The van der Waals surface area contributed by atoms with Crippen LogP contribution in [0.15, 0.2) is 0 Å². The molecule has 0 rings (SSSR count). The van der Waals surface area contributed by atoms with E-state index in [1.54, 1.807) is 0 Å². The zero-order chi connectivity index (χ0) is 9.07. The van der Waals surface area contributed by atoms with E-state index in [9.17, 15) is 4.79 Å².